The minimum Gasteiger partial charge on any atom is -0.493 e. The minimum absolute atomic E-state index is 0.0125. The molecular weight excluding hydrogens is 324 g/mol. The molecule has 0 atom stereocenters. The normalized spacial score (nSPS) is 10.8. The zero-order chi connectivity index (χ0) is 17.5. The third-order valence-corrected chi connectivity index (χ3v) is 3.57. The Morgan fingerprint density at radius 1 is 1.33 bits per heavy atom. The van der Waals surface area contributed by atoms with Gasteiger partial charge < -0.3 is 10.1 Å². The molecule has 0 aliphatic carbocycles. The highest BCUT2D eigenvalue weighted by Crippen LogP contribution is 2.23. The summed E-state index contributed by atoms with van der Waals surface area (Å²) in [6.07, 6.45) is 1.51. The first-order valence-electron chi connectivity index (χ1n) is 7.46. The van der Waals surface area contributed by atoms with E-state index in [4.69, 9.17) is 16.3 Å². The molecule has 0 spiro atoms. The Bertz CT molecular complexity index is 822. The molecule has 122 valence electrons. The maximum Gasteiger partial charge on any atom is 0.266 e. The third kappa shape index (κ3) is 4.37. The Hall–Kier alpha value is -2.77. The lowest BCUT2D eigenvalue weighted by molar-refractivity contribution is -0.112. The number of para-hydroxylation sites is 1. The smallest absolute Gasteiger partial charge is 0.266 e. The molecule has 0 saturated carbocycles. The summed E-state index contributed by atoms with van der Waals surface area (Å²) in [5.74, 6) is 0.133. The SMILES string of the molecule is CCOc1ccccc1/C=C(\C#N)C(=O)Nc1cc(Cl)ccc1C. The first kappa shape index (κ1) is 17.6. The van der Waals surface area contributed by atoms with Crippen molar-refractivity contribution in [1.82, 2.24) is 0 Å². The lowest BCUT2D eigenvalue weighted by Gasteiger charge is -2.09. The van der Waals surface area contributed by atoms with E-state index in [0.29, 0.717) is 28.6 Å². The van der Waals surface area contributed by atoms with E-state index >= 15 is 0 Å². The van der Waals surface area contributed by atoms with Gasteiger partial charge in [0.05, 0.1) is 6.61 Å². The van der Waals surface area contributed by atoms with Crippen LogP contribution in [-0.2, 0) is 4.79 Å². The molecule has 0 heterocycles. The van der Waals surface area contributed by atoms with Crippen molar-refractivity contribution >= 4 is 29.3 Å². The molecule has 0 bridgehead atoms. The molecule has 0 fully saturated rings. The van der Waals surface area contributed by atoms with Crippen LogP contribution in [0, 0.1) is 18.3 Å². The average Bonchev–Trinajstić information content (AvgIpc) is 2.57. The van der Waals surface area contributed by atoms with Crippen LogP contribution in [0.4, 0.5) is 5.69 Å². The van der Waals surface area contributed by atoms with Gasteiger partial charge in [0, 0.05) is 16.3 Å². The summed E-state index contributed by atoms with van der Waals surface area (Å²) in [4.78, 5) is 12.4. The molecule has 2 aromatic carbocycles. The Labute approximate surface area is 146 Å². The van der Waals surface area contributed by atoms with Crippen molar-refractivity contribution in [2.75, 3.05) is 11.9 Å². The fourth-order valence-corrected chi connectivity index (χ4v) is 2.28. The van der Waals surface area contributed by atoms with Gasteiger partial charge in [-0.1, -0.05) is 35.9 Å². The zero-order valence-electron chi connectivity index (χ0n) is 13.5. The molecule has 0 aliphatic rings. The van der Waals surface area contributed by atoms with Gasteiger partial charge >= 0.3 is 0 Å². The van der Waals surface area contributed by atoms with E-state index in [1.165, 1.54) is 6.08 Å². The van der Waals surface area contributed by atoms with Crippen LogP contribution in [0.15, 0.2) is 48.0 Å². The van der Waals surface area contributed by atoms with Crippen molar-refractivity contribution < 1.29 is 9.53 Å². The van der Waals surface area contributed by atoms with Gasteiger partial charge in [0.15, 0.2) is 0 Å². The Balaban J connectivity index is 2.30. The number of hydrogen-bond acceptors (Lipinski definition) is 3. The van der Waals surface area contributed by atoms with Crippen LogP contribution in [-0.4, -0.2) is 12.5 Å². The van der Waals surface area contributed by atoms with Crippen molar-refractivity contribution in [3.8, 4) is 11.8 Å². The van der Waals surface area contributed by atoms with Gasteiger partial charge in [0.25, 0.3) is 5.91 Å². The van der Waals surface area contributed by atoms with Crippen LogP contribution in [0.3, 0.4) is 0 Å². The fourth-order valence-electron chi connectivity index (χ4n) is 2.11. The van der Waals surface area contributed by atoms with Gasteiger partial charge in [-0.15, -0.1) is 0 Å². The maximum atomic E-state index is 12.4. The van der Waals surface area contributed by atoms with Crippen molar-refractivity contribution in [2.24, 2.45) is 0 Å². The number of aryl methyl sites for hydroxylation is 1. The van der Waals surface area contributed by atoms with Crippen LogP contribution in [0.5, 0.6) is 5.75 Å². The Morgan fingerprint density at radius 3 is 2.79 bits per heavy atom. The van der Waals surface area contributed by atoms with Crippen LogP contribution >= 0.6 is 11.6 Å². The van der Waals surface area contributed by atoms with E-state index in [2.05, 4.69) is 5.32 Å². The predicted molar refractivity (Wildman–Crippen MR) is 96.0 cm³/mol. The monoisotopic (exact) mass is 340 g/mol. The van der Waals surface area contributed by atoms with Crippen molar-refractivity contribution in [3.05, 3.63) is 64.2 Å². The third-order valence-electron chi connectivity index (χ3n) is 3.33. The first-order chi connectivity index (χ1) is 11.5. The molecule has 2 rings (SSSR count). The standard InChI is InChI=1S/C19H17ClN2O2/c1-3-24-18-7-5-4-6-14(18)10-15(12-21)19(23)22-17-11-16(20)9-8-13(17)2/h4-11H,3H2,1-2H3,(H,22,23)/b15-10+. The van der Waals surface area contributed by atoms with Gasteiger partial charge in [-0.2, -0.15) is 5.26 Å². The molecule has 5 heteroatoms. The number of nitrogens with zero attached hydrogens (tertiary/aromatic N) is 1. The highest BCUT2D eigenvalue weighted by atomic mass is 35.5. The van der Waals surface area contributed by atoms with Crippen molar-refractivity contribution in [2.45, 2.75) is 13.8 Å². The second-order valence-corrected chi connectivity index (χ2v) is 5.49. The highest BCUT2D eigenvalue weighted by molar-refractivity contribution is 6.31. The molecule has 2 aromatic rings. The lowest BCUT2D eigenvalue weighted by atomic mass is 10.1. The van der Waals surface area contributed by atoms with Crippen molar-refractivity contribution in [1.29, 1.82) is 5.26 Å². The number of ether oxygens (including phenoxy) is 1. The number of halogens is 1. The van der Waals surface area contributed by atoms with Gasteiger partial charge in [0.2, 0.25) is 0 Å². The molecule has 0 saturated heterocycles. The molecule has 0 aliphatic heterocycles. The van der Waals surface area contributed by atoms with E-state index in [9.17, 15) is 10.1 Å². The summed E-state index contributed by atoms with van der Waals surface area (Å²) in [7, 11) is 0. The summed E-state index contributed by atoms with van der Waals surface area (Å²) in [5.41, 5.74) is 2.10. The number of nitrogens with one attached hydrogen (secondary N) is 1. The average molecular weight is 341 g/mol. The molecule has 0 radical (unpaired) electrons. The maximum absolute atomic E-state index is 12.4. The molecular formula is C19H17ClN2O2. The Kier molecular flexibility index (Phi) is 6.00. The van der Waals surface area contributed by atoms with Crippen molar-refractivity contribution in [3.63, 3.8) is 0 Å². The summed E-state index contributed by atoms with van der Waals surface area (Å²) < 4.78 is 5.51. The number of rotatable bonds is 5. The summed E-state index contributed by atoms with van der Waals surface area (Å²) in [6.45, 7) is 4.23. The molecule has 1 N–H and O–H groups in total. The van der Waals surface area contributed by atoms with Gasteiger partial charge in [-0.25, -0.2) is 0 Å². The van der Waals surface area contributed by atoms with Crippen LogP contribution in [0.25, 0.3) is 6.08 Å². The molecule has 0 aromatic heterocycles. The van der Waals surface area contributed by atoms with E-state index < -0.39 is 5.91 Å². The topological polar surface area (TPSA) is 62.1 Å². The van der Waals surface area contributed by atoms with Gasteiger partial charge in [-0.3, -0.25) is 4.79 Å². The molecule has 24 heavy (non-hydrogen) atoms. The molecule has 4 nitrogen and oxygen atoms in total. The van der Waals surface area contributed by atoms with Gasteiger partial charge in [0.1, 0.15) is 17.4 Å². The summed E-state index contributed by atoms with van der Waals surface area (Å²) >= 11 is 5.95. The number of benzene rings is 2. The Morgan fingerprint density at radius 2 is 2.08 bits per heavy atom. The fraction of sp³-hybridized carbons (Fsp3) is 0.158. The highest BCUT2D eigenvalue weighted by Gasteiger charge is 2.12. The first-order valence-corrected chi connectivity index (χ1v) is 7.84. The van der Waals surface area contributed by atoms with Crippen LogP contribution < -0.4 is 10.1 Å². The van der Waals surface area contributed by atoms with E-state index in [1.807, 2.05) is 32.0 Å². The summed E-state index contributed by atoms with van der Waals surface area (Å²) in [6, 6.07) is 14.4. The number of nitriles is 1. The van der Waals surface area contributed by atoms with Crippen LogP contribution in [0.2, 0.25) is 5.02 Å². The predicted octanol–water partition coefficient (Wildman–Crippen LogP) is 4.59. The van der Waals surface area contributed by atoms with E-state index in [-0.39, 0.29) is 5.57 Å². The minimum atomic E-state index is -0.492. The van der Waals surface area contributed by atoms with Crippen LogP contribution in [0.1, 0.15) is 18.1 Å². The number of hydrogen-bond donors (Lipinski definition) is 1. The molecule has 1 amide bonds. The number of anilines is 1. The summed E-state index contributed by atoms with van der Waals surface area (Å²) in [5, 5.41) is 12.6. The number of carbonyl (C=O) groups excluding carboxylic acids is 1. The molecule has 0 unspecified atom stereocenters. The second-order valence-electron chi connectivity index (χ2n) is 5.05. The zero-order valence-corrected chi connectivity index (χ0v) is 14.2. The van der Waals surface area contributed by atoms with E-state index in [1.54, 1.807) is 30.3 Å². The van der Waals surface area contributed by atoms with E-state index in [0.717, 1.165) is 5.56 Å². The number of amides is 1. The number of carbonyl (C=O) groups is 1. The largest absolute Gasteiger partial charge is 0.493 e. The quantitative estimate of drug-likeness (QED) is 0.639. The lowest BCUT2D eigenvalue weighted by Crippen LogP contribution is -2.14. The van der Waals surface area contributed by atoms with Gasteiger partial charge in [-0.05, 0) is 43.7 Å². The second kappa shape index (κ2) is 8.19.